The van der Waals surface area contributed by atoms with Crippen LogP contribution in [0.15, 0.2) is 276 Å². The Labute approximate surface area is 371 Å². The Morgan fingerprint density at radius 3 is 0.922 bits per heavy atom. The number of benzene rings is 8. The standard InChI is InChI=1S/C62H40N2/c1-3-15-43(16-4-1)61(45-27-31-47(32-28-45)63-55-23-11-7-19-49(55)50-20-8-12-24-56(50)63)37-35-41-40-54-60-42(39-53(61)59(41)60)36-38-62(54,44-17-5-2-6-18-44)46-29-33-48(34-30-46)64-57-25-13-9-21-51(57)52-22-10-14-26-58(52)64/h1-40H. The number of fused-ring (bicyclic) bond motifs is 6. The zero-order valence-corrected chi connectivity index (χ0v) is 35.0. The second-order valence-electron chi connectivity index (χ2n) is 17.6. The summed E-state index contributed by atoms with van der Waals surface area (Å²) in [6.07, 6.45) is 14.7. The molecule has 0 amide bonds. The van der Waals surface area contributed by atoms with E-state index in [2.05, 4.69) is 252 Å². The highest BCUT2D eigenvalue weighted by molar-refractivity contribution is 6.10. The summed E-state index contributed by atoms with van der Waals surface area (Å²) in [7, 11) is 0. The van der Waals surface area contributed by atoms with Gasteiger partial charge < -0.3 is 9.13 Å². The Morgan fingerprint density at radius 1 is 0.281 bits per heavy atom. The van der Waals surface area contributed by atoms with Crippen molar-refractivity contribution in [2.45, 2.75) is 10.8 Å². The predicted octanol–water partition coefficient (Wildman–Crippen LogP) is 14.8. The minimum Gasteiger partial charge on any atom is -0.309 e. The predicted molar refractivity (Wildman–Crippen MR) is 265 cm³/mol. The molecule has 0 bridgehead atoms. The highest BCUT2D eigenvalue weighted by atomic mass is 15.0. The van der Waals surface area contributed by atoms with Crippen LogP contribution in [0.1, 0.15) is 22.3 Å². The Bertz CT molecular complexity index is 3430. The van der Waals surface area contributed by atoms with Crippen LogP contribution in [0.5, 0.6) is 0 Å². The molecular weight excluding hydrogens is 773 g/mol. The van der Waals surface area contributed by atoms with Crippen molar-refractivity contribution in [1.82, 2.24) is 9.13 Å². The minimum atomic E-state index is -0.493. The summed E-state index contributed by atoms with van der Waals surface area (Å²) >= 11 is 0. The van der Waals surface area contributed by atoms with Crippen LogP contribution in [0.2, 0.25) is 0 Å². The highest BCUT2D eigenvalue weighted by Gasteiger charge is 2.50. The van der Waals surface area contributed by atoms with E-state index in [4.69, 9.17) is 0 Å². The largest absolute Gasteiger partial charge is 0.309 e. The molecule has 2 atom stereocenters. The molecule has 14 rings (SSSR count). The first kappa shape index (κ1) is 35.4. The molecule has 64 heavy (non-hydrogen) atoms. The molecule has 2 heteroatoms. The Hall–Kier alpha value is -8.20. The molecule has 2 nitrogen and oxygen atoms in total. The van der Waals surface area contributed by atoms with Gasteiger partial charge in [0.1, 0.15) is 0 Å². The van der Waals surface area contributed by atoms with Gasteiger partial charge in [0.05, 0.1) is 32.9 Å². The van der Waals surface area contributed by atoms with Gasteiger partial charge in [0.15, 0.2) is 0 Å². The van der Waals surface area contributed by atoms with E-state index in [9.17, 15) is 0 Å². The smallest absolute Gasteiger partial charge is 0.0641 e. The summed E-state index contributed by atoms with van der Waals surface area (Å²) < 4.78 is 4.82. The maximum absolute atomic E-state index is 2.49. The average molecular weight is 813 g/mol. The van der Waals surface area contributed by atoms with E-state index >= 15 is 0 Å². The Kier molecular flexibility index (Phi) is 7.28. The van der Waals surface area contributed by atoms with E-state index in [1.165, 1.54) is 99.3 Å². The summed E-state index contributed by atoms with van der Waals surface area (Å²) in [4.78, 5) is 0. The van der Waals surface area contributed by atoms with Crippen molar-refractivity contribution in [2.75, 3.05) is 0 Å². The molecule has 10 aromatic rings. The fraction of sp³-hybridized carbons (Fsp3) is 0.0323. The first-order valence-corrected chi connectivity index (χ1v) is 22.3. The minimum absolute atomic E-state index is 0.493. The number of para-hydroxylation sites is 4. The summed E-state index contributed by atoms with van der Waals surface area (Å²) in [5, 5.41) is 5.09. The van der Waals surface area contributed by atoms with Gasteiger partial charge in [0.2, 0.25) is 0 Å². The summed E-state index contributed by atoms with van der Waals surface area (Å²) in [5.74, 6) is 0. The van der Waals surface area contributed by atoms with Gasteiger partial charge in [0, 0.05) is 32.9 Å². The fourth-order valence-corrected chi connectivity index (χ4v) is 11.9. The van der Waals surface area contributed by atoms with Crippen molar-refractivity contribution in [2.24, 2.45) is 0 Å². The number of aromatic nitrogens is 2. The van der Waals surface area contributed by atoms with Gasteiger partial charge in [-0.2, -0.15) is 0 Å². The Balaban J connectivity index is 0.943. The zero-order valence-electron chi connectivity index (χ0n) is 35.0. The van der Waals surface area contributed by atoms with Gasteiger partial charge >= 0.3 is 0 Å². The normalized spacial score (nSPS) is 19.6. The molecule has 8 aromatic carbocycles. The van der Waals surface area contributed by atoms with E-state index in [1.54, 1.807) is 0 Å². The summed E-state index contributed by atoms with van der Waals surface area (Å²) in [5.41, 5.74) is 19.2. The Morgan fingerprint density at radius 2 is 0.578 bits per heavy atom. The number of nitrogens with zero attached hydrogens (tertiary/aromatic N) is 2. The topological polar surface area (TPSA) is 9.86 Å². The van der Waals surface area contributed by atoms with Crippen LogP contribution in [0.4, 0.5) is 0 Å². The summed E-state index contributed by atoms with van der Waals surface area (Å²) in [6.45, 7) is 0. The van der Waals surface area contributed by atoms with Gasteiger partial charge in [-0.05, 0) is 116 Å². The maximum Gasteiger partial charge on any atom is 0.0641 e. The number of hydrogen-bond acceptors (Lipinski definition) is 0. The highest BCUT2D eigenvalue weighted by Crippen LogP contribution is 2.61. The molecule has 0 radical (unpaired) electrons. The molecule has 4 aliphatic rings. The number of rotatable bonds is 6. The van der Waals surface area contributed by atoms with Crippen molar-refractivity contribution in [3.63, 3.8) is 0 Å². The van der Waals surface area contributed by atoms with Gasteiger partial charge in [-0.15, -0.1) is 0 Å². The fourth-order valence-electron chi connectivity index (χ4n) is 11.9. The van der Waals surface area contributed by atoms with Crippen molar-refractivity contribution >= 4 is 43.6 Å². The van der Waals surface area contributed by atoms with Crippen LogP contribution in [-0.2, 0) is 10.8 Å². The quantitative estimate of drug-likeness (QED) is 0.158. The SMILES string of the molecule is C1=CC(c2ccccc2)(c2ccc(-n3c4ccccc4c4ccccc43)cc2)C2=C3C1=CC1=C3C(=C2)C=CC1(c1ccccc1)c1ccc(-n2c3ccccc3c3ccccc32)cc1. The third-order valence-electron chi connectivity index (χ3n) is 14.6. The van der Waals surface area contributed by atoms with Crippen molar-refractivity contribution in [3.05, 3.63) is 298 Å². The van der Waals surface area contributed by atoms with Crippen molar-refractivity contribution in [1.29, 1.82) is 0 Å². The van der Waals surface area contributed by atoms with E-state index in [0.29, 0.717) is 0 Å². The average Bonchev–Trinajstić information content (AvgIpc) is 4.14. The monoisotopic (exact) mass is 812 g/mol. The molecule has 0 saturated carbocycles. The first-order chi connectivity index (χ1) is 31.7. The van der Waals surface area contributed by atoms with Gasteiger partial charge in [-0.1, -0.05) is 182 Å². The van der Waals surface area contributed by atoms with Crippen LogP contribution in [-0.4, -0.2) is 9.13 Å². The molecule has 298 valence electrons. The third-order valence-corrected chi connectivity index (χ3v) is 14.6. The van der Waals surface area contributed by atoms with Crippen molar-refractivity contribution < 1.29 is 0 Å². The maximum atomic E-state index is 2.49. The van der Waals surface area contributed by atoms with Crippen LogP contribution >= 0.6 is 0 Å². The summed E-state index contributed by atoms with van der Waals surface area (Å²) in [6, 6.07) is 76.0. The van der Waals surface area contributed by atoms with Gasteiger partial charge in [0.25, 0.3) is 0 Å². The van der Waals surface area contributed by atoms with E-state index in [0.717, 1.165) is 11.4 Å². The molecule has 0 aliphatic heterocycles. The molecule has 2 aromatic heterocycles. The molecule has 0 spiro atoms. The van der Waals surface area contributed by atoms with Crippen LogP contribution in [0.25, 0.3) is 55.0 Å². The second-order valence-corrected chi connectivity index (χ2v) is 17.6. The molecule has 0 fully saturated rings. The first-order valence-electron chi connectivity index (χ1n) is 22.3. The molecule has 2 unspecified atom stereocenters. The lowest BCUT2D eigenvalue weighted by atomic mass is 9.65. The molecule has 2 heterocycles. The zero-order chi connectivity index (χ0) is 42.0. The molecule has 4 aliphatic carbocycles. The number of hydrogen-bond donors (Lipinski definition) is 0. The van der Waals surface area contributed by atoms with Crippen molar-refractivity contribution in [3.8, 4) is 11.4 Å². The number of allylic oxidation sites excluding steroid dienone is 12. The molecule has 0 saturated heterocycles. The van der Waals surface area contributed by atoms with E-state index in [1.807, 2.05) is 0 Å². The molecule has 0 N–H and O–H groups in total. The van der Waals surface area contributed by atoms with Gasteiger partial charge in [-0.25, -0.2) is 0 Å². The van der Waals surface area contributed by atoms with E-state index < -0.39 is 10.8 Å². The lowest BCUT2D eigenvalue weighted by Crippen LogP contribution is -2.30. The van der Waals surface area contributed by atoms with Gasteiger partial charge in [-0.3, -0.25) is 0 Å². The van der Waals surface area contributed by atoms with Crippen LogP contribution in [0.3, 0.4) is 0 Å². The van der Waals surface area contributed by atoms with E-state index in [-0.39, 0.29) is 0 Å². The second kappa shape index (κ2) is 13.2. The molecular formula is C62H40N2. The lowest BCUT2D eigenvalue weighted by molar-refractivity contribution is 0.765. The van der Waals surface area contributed by atoms with Crippen LogP contribution < -0.4 is 0 Å². The lowest BCUT2D eigenvalue weighted by Gasteiger charge is -2.37. The van der Waals surface area contributed by atoms with Crippen LogP contribution in [0, 0.1) is 0 Å². The third kappa shape index (κ3) is 4.64.